The Kier molecular flexibility index (Phi) is 3.78. The molecule has 3 rings (SSSR count). The van der Waals surface area contributed by atoms with Gasteiger partial charge in [0.15, 0.2) is 0 Å². The molecule has 0 aliphatic carbocycles. The number of hydrogen-bond donors (Lipinski definition) is 1. The van der Waals surface area contributed by atoms with Crippen LogP contribution in [0, 0.1) is 0 Å². The van der Waals surface area contributed by atoms with Gasteiger partial charge in [-0.15, -0.1) is 11.3 Å². The molecule has 0 aromatic carbocycles. The minimum atomic E-state index is 0.256. The van der Waals surface area contributed by atoms with Gasteiger partial charge in [0.1, 0.15) is 0 Å². The fourth-order valence-corrected chi connectivity index (χ4v) is 4.46. The van der Waals surface area contributed by atoms with E-state index < -0.39 is 0 Å². The average Bonchev–Trinajstić information content (AvgIpc) is 2.71. The summed E-state index contributed by atoms with van der Waals surface area (Å²) in [5.74, 6) is 0. The quantitative estimate of drug-likeness (QED) is 0.918. The van der Waals surface area contributed by atoms with Gasteiger partial charge in [-0.05, 0) is 41.5 Å². The van der Waals surface area contributed by atoms with E-state index >= 15 is 0 Å². The molecule has 1 N–H and O–H groups in total. The van der Waals surface area contributed by atoms with Crippen LogP contribution in [0.5, 0.6) is 0 Å². The van der Waals surface area contributed by atoms with Gasteiger partial charge in [-0.1, -0.05) is 0 Å². The number of thiophene rings is 1. The smallest absolute Gasteiger partial charge is 0.0701 e. The Bertz CT molecular complexity index is 419. The van der Waals surface area contributed by atoms with Crippen molar-refractivity contribution in [2.75, 3.05) is 39.9 Å². The van der Waals surface area contributed by atoms with Crippen molar-refractivity contribution in [3.8, 4) is 0 Å². The lowest BCUT2D eigenvalue weighted by atomic mass is 9.78. The van der Waals surface area contributed by atoms with E-state index in [-0.39, 0.29) is 5.41 Å². The Morgan fingerprint density at radius 2 is 2.39 bits per heavy atom. The van der Waals surface area contributed by atoms with Crippen LogP contribution in [0.4, 0.5) is 0 Å². The highest BCUT2D eigenvalue weighted by Crippen LogP contribution is 2.41. The molecule has 0 saturated carbocycles. The van der Waals surface area contributed by atoms with E-state index in [1.807, 2.05) is 11.3 Å². The molecule has 18 heavy (non-hydrogen) atoms. The molecule has 0 bridgehead atoms. The molecule has 0 spiro atoms. The largest absolute Gasteiger partial charge is 0.379 e. The monoisotopic (exact) mass is 330 g/mol. The van der Waals surface area contributed by atoms with Gasteiger partial charge >= 0.3 is 0 Å². The highest BCUT2D eigenvalue weighted by Gasteiger charge is 2.43. The number of halogens is 1. The molecule has 1 unspecified atom stereocenters. The number of hydrogen-bond acceptors (Lipinski definition) is 4. The zero-order valence-electron chi connectivity index (χ0n) is 10.6. The van der Waals surface area contributed by atoms with Crippen LogP contribution >= 0.6 is 27.3 Å². The van der Waals surface area contributed by atoms with E-state index in [4.69, 9.17) is 4.74 Å². The van der Waals surface area contributed by atoms with Crippen molar-refractivity contribution in [3.63, 3.8) is 0 Å². The molecule has 3 heterocycles. The number of likely N-dealkylation sites (N-methyl/N-ethyl adjacent to an activating group) is 1. The topological polar surface area (TPSA) is 24.5 Å². The molecule has 1 aromatic rings. The number of ether oxygens (including phenoxy) is 1. The molecule has 1 atom stereocenters. The summed E-state index contributed by atoms with van der Waals surface area (Å²) >= 11 is 5.42. The summed E-state index contributed by atoms with van der Waals surface area (Å²) in [7, 11) is 2.21. The summed E-state index contributed by atoms with van der Waals surface area (Å²) in [5.41, 5.74) is 0.256. The third-order valence-electron chi connectivity index (χ3n) is 3.95. The van der Waals surface area contributed by atoms with E-state index in [1.165, 1.54) is 15.1 Å². The number of piperazine rings is 1. The van der Waals surface area contributed by atoms with E-state index in [9.17, 15) is 0 Å². The third-order valence-corrected chi connectivity index (χ3v) is 5.82. The molecule has 2 aliphatic rings. The second kappa shape index (κ2) is 5.21. The van der Waals surface area contributed by atoms with Crippen LogP contribution in [0.15, 0.2) is 15.9 Å². The lowest BCUT2D eigenvalue weighted by Crippen LogP contribution is -2.56. The summed E-state index contributed by atoms with van der Waals surface area (Å²) in [6, 6.07) is 5.00. The first-order chi connectivity index (χ1) is 8.68. The molecule has 100 valence electrons. The van der Waals surface area contributed by atoms with Crippen molar-refractivity contribution in [3.05, 3.63) is 20.8 Å². The highest BCUT2D eigenvalue weighted by molar-refractivity contribution is 9.11. The summed E-state index contributed by atoms with van der Waals surface area (Å²) in [5, 5.41) is 3.65. The van der Waals surface area contributed by atoms with E-state index in [2.05, 4.69) is 45.3 Å². The summed E-state index contributed by atoms with van der Waals surface area (Å²) in [4.78, 5) is 3.88. The Morgan fingerprint density at radius 1 is 1.56 bits per heavy atom. The Labute approximate surface area is 121 Å². The standard InChI is InChI=1S/C13H19BrN2OS/c1-16-5-4-15-10(7-16)6-13(8-17-9-13)11-2-3-12(14)18-11/h2-3,10,15H,4-9H2,1H3. The van der Waals surface area contributed by atoms with Crippen LogP contribution in [0.25, 0.3) is 0 Å². The molecule has 0 radical (unpaired) electrons. The van der Waals surface area contributed by atoms with Crippen LogP contribution in [0.3, 0.4) is 0 Å². The molecule has 1 aromatic heterocycles. The van der Waals surface area contributed by atoms with Crippen molar-refractivity contribution >= 4 is 27.3 Å². The van der Waals surface area contributed by atoms with Crippen LogP contribution in [-0.4, -0.2) is 50.8 Å². The molecule has 5 heteroatoms. The van der Waals surface area contributed by atoms with Gasteiger partial charge in [-0.3, -0.25) is 0 Å². The predicted octanol–water partition coefficient (Wildman–Crippen LogP) is 2.07. The second-order valence-corrected chi connectivity index (χ2v) is 7.96. The number of nitrogens with zero attached hydrogens (tertiary/aromatic N) is 1. The lowest BCUT2D eigenvalue weighted by molar-refractivity contribution is -0.0688. The zero-order chi connectivity index (χ0) is 12.6. The second-order valence-electron chi connectivity index (χ2n) is 5.49. The minimum absolute atomic E-state index is 0.256. The summed E-state index contributed by atoms with van der Waals surface area (Å²) in [6.07, 6.45) is 1.18. The van der Waals surface area contributed by atoms with E-state index in [1.54, 1.807) is 0 Å². The maximum atomic E-state index is 5.52. The molecular formula is C13H19BrN2OS. The van der Waals surface area contributed by atoms with Crippen LogP contribution in [0.2, 0.25) is 0 Å². The van der Waals surface area contributed by atoms with Gasteiger partial charge in [0.05, 0.1) is 22.4 Å². The summed E-state index contributed by atoms with van der Waals surface area (Å²) in [6.45, 7) is 5.16. The molecule has 0 amide bonds. The molecular weight excluding hydrogens is 312 g/mol. The average molecular weight is 331 g/mol. The SMILES string of the molecule is CN1CCNC(CC2(c3ccc(Br)s3)COC2)C1. The summed E-state index contributed by atoms with van der Waals surface area (Å²) < 4.78 is 6.74. The minimum Gasteiger partial charge on any atom is -0.379 e. The van der Waals surface area contributed by atoms with Gasteiger partial charge in [-0.25, -0.2) is 0 Å². The van der Waals surface area contributed by atoms with Crippen molar-refractivity contribution in [2.24, 2.45) is 0 Å². The highest BCUT2D eigenvalue weighted by atomic mass is 79.9. The fraction of sp³-hybridized carbons (Fsp3) is 0.692. The van der Waals surface area contributed by atoms with Crippen molar-refractivity contribution < 1.29 is 4.74 Å². The normalized spacial score (nSPS) is 28.0. The molecule has 2 aliphatic heterocycles. The van der Waals surface area contributed by atoms with Crippen LogP contribution in [-0.2, 0) is 10.2 Å². The molecule has 2 saturated heterocycles. The molecule has 2 fully saturated rings. The number of nitrogens with one attached hydrogen (secondary N) is 1. The fourth-order valence-electron chi connectivity index (χ4n) is 2.91. The Morgan fingerprint density at radius 3 is 2.94 bits per heavy atom. The lowest BCUT2D eigenvalue weighted by Gasteiger charge is -2.44. The van der Waals surface area contributed by atoms with E-state index in [0.29, 0.717) is 6.04 Å². The van der Waals surface area contributed by atoms with Crippen molar-refractivity contribution in [2.45, 2.75) is 17.9 Å². The maximum Gasteiger partial charge on any atom is 0.0701 e. The Balaban J connectivity index is 1.72. The van der Waals surface area contributed by atoms with Crippen LogP contribution in [0.1, 0.15) is 11.3 Å². The number of rotatable bonds is 3. The predicted molar refractivity (Wildman–Crippen MR) is 78.4 cm³/mol. The first-order valence-corrected chi connectivity index (χ1v) is 8.04. The Hall–Kier alpha value is 0.0600. The third kappa shape index (κ3) is 2.51. The zero-order valence-corrected chi connectivity index (χ0v) is 13.0. The van der Waals surface area contributed by atoms with E-state index in [0.717, 1.165) is 32.8 Å². The van der Waals surface area contributed by atoms with Gasteiger partial charge in [-0.2, -0.15) is 0 Å². The van der Waals surface area contributed by atoms with Crippen LogP contribution < -0.4 is 5.32 Å². The van der Waals surface area contributed by atoms with Crippen molar-refractivity contribution in [1.82, 2.24) is 10.2 Å². The first kappa shape index (κ1) is 13.1. The van der Waals surface area contributed by atoms with Gasteiger partial charge in [0.2, 0.25) is 0 Å². The first-order valence-electron chi connectivity index (χ1n) is 6.43. The van der Waals surface area contributed by atoms with Gasteiger partial charge in [0.25, 0.3) is 0 Å². The molecule has 3 nitrogen and oxygen atoms in total. The maximum absolute atomic E-state index is 5.52. The van der Waals surface area contributed by atoms with Gasteiger partial charge < -0.3 is 15.0 Å². The van der Waals surface area contributed by atoms with Crippen molar-refractivity contribution in [1.29, 1.82) is 0 Å². The van der Waals surface area contributed by atoms with Gasteiger partial charge in [0, 0.05) is 30.6 Å².